The van der Waals surface area contributed by atoms with Crippen LogP contribution in [0.1, 0.15) is 6.92 Å². The largest absolute Gasteiger partial charge is 0.480 e. The van der Waals surface area contributed by atoms with Gasteiger partial charge >= 0.3 is 5.97 Å². The number of carbonyl (C=O) groups is 1. The molecule has 1 unspecified atom stereocenters. The Morgan fingerprint density at radius 3 is 2.31 bits per heavy atom. The molecule has 0 radical (unpaired) electrons. The lowest BCUT2D eigenvalue weighted by Gasteiger charge is -2.19. The van der Waals surface area contributed by atoms with Gasteiger partial charge in [0.15, 0.2) is 0 Å². The van der Waals surface area contributed by atoms with E-state index in [-0.39, 0.29) is 6.54 Å². The first-order valence-electron chi connectivity index (χ1n) is 3.83. The van der Waals surface area contributed by atoms with E-state index >= 15 is 0 Å². The summed E-state index contributed by atoms with van der Waals surface area (Å²) in [7, 11) is -2.09. The first kappa shape index (κ1) is 10.4. The summed E-state index contributed by atoms with van der Waals surface area (Å²) < 4.78 is 25.0. The Morgan fingerprint density at radius 1 is 1.46 bits per heavy atom. The van der Waals surface area contributed by atoms with Gasteiger partial charge in [-0.25, -0.2) is 0 Å². The molecule has 0 spiro atoms. The lowest BCUT2D eigenvalue weighted by molar-refractivity contribution is -0.140. The van der Waals surface area contributed by atoms with Crippen LogP contribution in [0.3, 0.4) is 0 Å². The van der Waals surface area contributed by atoms with E-state index < -0.39 is 22.2 Å². The molecule has 13 heavy (non-hydrogen) atoms. The zero-order valence-electron chi connectivity index (χ0n) is 7.47. The van der Waals surface area contributed by atoms with Crippen LogP contribution in [-0.4, -0.2) is 54.3 Å². The number of nitrogens with zero attached hydrogens (tertiary/aromatic N) is 2. The van der Waals surface area contributed by atoms with Crippen LogP contribution in [0.25, 0.3) is 0 Å². The molecule has 7 heteroatoms. The molecule has 6 nitrogen and oxygen atoms in total. The molecule has 1 aliphatic rings. The predicted octanol–water partition coefficient (Wildman–Crippen LogP) is -1.05. The van der Waals surface area contributed by atoms with E-state index in [1.54, 1.807) is 0 Å². The second-order valence-electron chi connectivity index (χ2n) is 2.95. The Labute approximate surface area is 76.9 Å². The average Bonchev–Trinajstić information content (AvgIpc) is 2.26. The van der Waals surface area contributed by atoms with Crippen LogP contribution < -0.4 is 0 Å². The monoisotopic (exact) mass is 208 g/mol. The molecular formula is C6H12N2O4S. The van der Waals surface area contributed by atoms with Gasteiger partial charge in [0, 0.05) is 20.1 Å². The van der Waals surface area contributed by atoms with E-state index in [1.807, 2.05) is 0 Å². The quantitative estimate of drug-likeness (QED) is 0.628. The van der Waals surface area contributed by atoms with Crippen molar-refractivity contribution in [2.45, 2.75) is 13.0 Å². The Hall–Kier alpha value is -0.660. The van der Waals surface area contributed by atoms with Gasteiger partial charge in [-0.05, 0) is 6.92 Å². The summed E-state index contributed by atoms with van der Waals surface area (Å²) in [6.45, 7) is 1.95. The van der Waals surface area contributed by atoms with Gasteiger partial charge in [0.2, 0.25) is 0 Å². The Balaban J connectivity index is 2.91. The van der Waals surface area contributed by atoms with Crippen molar-refractivity contribution in [1.82, 2.24) is 8.61 Å². The van der Waals surface area contributed by atoms with Crippen LogP contribution in [0.5, 0.6) is 0 Å². The van der Waals surface area contributed by atoms with Crippen molar-refractivity contribution in [3.8, 4) is 0 Å². The Bertz CT molecular complexity index is 313. The second kappa shape index (κ2) is 3.24. The van der Waals surface area contributed by atoms with Crippen molar-refractivity contribution in [2.75, 3.05) is 20.1 Å². The van der Waals surface area contributed by atoms with Gasteiger partial charge in [0.05, 0.1) is 0 Å². The third-order valence-corrected chi connectivity index (χ3v) is 4.18. The van der Waals surface area contributed by atoms with Crippen LogP contribution in [0.15, 0.2) is 0 Å². The Kier molecular flexibility index (Phi) is 2.60. The fraction of sp³-hybridized carbons (Fsp3) is 0.833. The summed E-state index contributed by atoms with van der Waals surface area (Å²) in [4.78, 5) is 10.6. The maximum atomic E-state index is 11.4. The minimum atomic E-state index is -3.52. The van der Waals surface area contributed by atoms with Crippen LogP contribution in [0.2, 0.25) is 0 Å². The molecule has 0 aromatic rings. The molecule has 1 fully saturated rings. The average molecular weight is 208 g/mol. The summed E-state index contributed by atoms with van der Waals surface area (Å²) in [5.41, 5.74) is 0. The van der Waals surface area contributed by atoms with Crippen molar-refractivity contribution < 1.29 is 18.3 Å². The molecule has 1 N–H and O–H groups in total. The number of carboxylic acid groups (broad SMARTS) is 1. The van der Waals surface area contributed by atoms with E-state index in [9.17, 15) is 13.2 Å². The summed E-state index contributed by atoms with van der Waals surface area (Å²) in [5.74, 6) is -1.13. The molecule has 1 rings (SSSR count). The van der Waals surface area contributed by atoms with Gasteiger partial charge in [0.25, 0.3) is 10.2 Å². The number of aliphatic carboxylic acids is 1. The smallest absolute Gasteiger partial charge is 0.321 e. The summed E-state index contributed by atoms with van der Waals surface area (Å²) in [6.07, 6.45) is 0. The van der Waals surface area contributed by atoms with Crippen LogP contribution >= 0.6 is 0 Å². The molecule has 0 aromatic carbocycles. The van der Waals surface area contributed by atoms with Gasteiger partial charge in [-0.3, -0.25) is 4.79 Å². The third-order valence-electron chi connectivity index (χ3n) is 2.11. The highest BCUT2D eigenvalue weighted by atomic mass is 32.2. The lowest BCUT2D eigenvalue weighted by atomic mass is 10.3. The number of rotatable bonds is 2. The van der Waals surface area contributed by atoms with Gasteiger partial charge in [-0.1, -0.05) is 0 Å². The zero-order valence-corrected chi connectivity index (χ0v) is 8.28. The normalized spacial score (nSPS) is 26.0. The summed E-state index contributed by atoms with van der Waals surface area (Å²) in [6, 6.07) is -0.991. The second-order valence-corrected chi connectivity index (χ2v) is 4.94. The molecular weight excluding hydrogens is 196 g/mol. The molecule has 1 atom stereocenters. The number of hydrogen-bond acceptors (Lipinski definition) is 3. The molecule has 1 heterocycles. The van der Waals surface area contributed by atoms with Gasteiger partial charge in [0.1, 0.15) is 6.04 Å². The van der Waals surface area contributed by atoms with E-state index in [4.69, 9.17) is 5.11 Å². The molecule has 76 valence electrons. The molecule has 1 saturated heterocycles. The lowest BCUT2D eigenvalue weighted by Crippen LogP contribution is -2.41. The highest BCUT2D eigenvalue weighted by Gasteiger charge is 2.39. The molecule has 0 bridgehead atoms. The number of likely N-dealkylation sites (N-methyl/N-ethyl adjacent to an activating group) is 1. The van der Waals surface area contributed by atoms with Gasteiger partial charge in [-0.2, -0.15) is 17.0 Å². The van der Waals surface area contributed by atoms with Crippen LogP contribution in [0, 0.1) is 0 Å². The molecule has 0 amide bonds. The van der Waals surface area contributed by atoms with Crippen molar-refractivity contribution >= 4 is 16.2 Å². The first-order valence-corrected chi connectivity index (χ1v) is 5.23. The zero-order chi connectivity index (χ0) is 10.2. The molecule has 0 aliphatic carbocycles. The minimum absolute atomic E-state index is 0.242. The SMILES string of the molecule is CC(C(=O)O)N1CCN(C)S1(=O)=O. The van der Waals surface area contributed by atoms with Crippen molar-refractivity contribution in [3.63, 3.8) is 0 Å². The van der Waals surface area contributed by atoms with E-state index in [0.29, 0.717) is 6.54 Å². The van der Waals surface area contributed by atoms with E-state index in [2.05, 4.69) is 0 Å². The highest BCUT2D eigenvalue weighted by Crippen LogP contribution is 2.17. The predicted molar refractivity (Wildman–Crippen MR) is 45.4 cm³/mol. The summed E-state index contributed by atoms with van der Waals surface area (Å²) >= 11 is 0. The first-order chi connectivity index (χ1) is 5.87. The number of hydrogen-bond donors (Lipinski definition) is 1. The van der Waals surface area contributed by atoms with E-state index in [1.165, 1.54) is 14.0 Å². The standard InChI is InChI=1S/C6H12N2O4S/c1-5(6(9)10)8-4-3-7(2)13(8,11)12/h5H,3-4H2,1-2H3,(H,9,10). The highest BCUT2D eigenvalue weighted by molar-refractivity contribution is 7.87. The van der Waals surface area contributed by atoms with Gasteiger partial charge < -0.3 is 5.11 Å². The fourth-order valence-corrected chi connectivity index (χ4v) is 2.64. The topological polar surface area (TPSA) is 77.9 Å². The number of carboxylic acids is 1. The van der Waals surface area contributed by atoms with Crippen LogP contribution in [0.4, 0.5) is 0 Å². The van der Waals surface area contributed by atoms with Crippen molar-refractivity contribution in [3.05, 3.63) is 0 Å². The molecule has 0 saturated carbocycles. The van der Waals surface area contributed by atoms with Gasteiger partial charge in [-0.15, -0.1) is 0 Å². The molecule has 0 aromatic heterocycles. The maximum Gasteiger partial charge on any atom is 0.321 e. The third kappa shape index (κ3) is 1.67. The van der Waals surface area contributed by atoms with Crippen LogP contribution in [-0.2, 0) is 15.0 Å². The summed E-state index contributed by atoms with van der Waals surface area (Å²) in [5, 5.41) is 8.64. The van der Waals surface area contributed by atoms with Crippen molar-refractivity contribution in [1.29, 1.82) is 0 Å². The fourth-order valence-electron chi connectivity index (χ4n) is 1.17. The van der Waals surface area contributed by atoms with E-state index in [0.717, 1.165) is 8.61 Å². The van der Waals surface area contributed by atoms with Crippen molar-refractivity contribution in [2.24, 2.45) is 0 Å². The minimum Gasteiger partial charge on any atom is -0.480 e. The molecule has 1 aliphatic heterocycles. The maximum absolute atomic E-state index is 11.4. The Morgan fingerprint density at radius 2 is 2.00 bits per heavy atom.